The highest BCUT2D eigenvalue weighted by Gasteiger charge is 2.14. The molecule has 2 rings (SSSR count). The van der Waals surface area contributed by atoms with Crippen LogP contribution < -0.4 is 9.47 Å². The highest BCUT2D eigenvalue weighted by Crippen LogP contribution is 2.17. The molecule has 1 aliphatic rings. The molecule has 0 amide bonds. The molecule has 0 saturated carbocycles. The Kier molecular flexibility index (Phi) is 5.93. The van der Waals surface area contributed by atoms with E-state index in [1.807, 2.05) is 24.3 Å². The fourth-order valence-corrected chi connectivity index (χ4v) is 2.56. The Hall–Kier alpha value is -1.48. The molecule has 0 N–H and O–H groups in total. The number of nitrogens with zero attached hydrogens (tertiary/aromatic N) is 1. The molecule has 0 aliphatic carbocycles. The van der Waals surface area contributed by atoms with Crippen molar-refractivity contribution in [2.24, 2.45) is 5.92 Å². The van der Waals surface area contributed by atoms with Crippen molar-refractivity contribution < 1.29 is 9.47 Å². The maximum atomic E-state index is 5.66. The van der Waals surface area contributed by atoms with Gasteiger partial charge in [-0.1, -0.05) is 19.1 Å². The Labute approximate surface area is 122 Å². The molecule has 0 bridgehead atoms. The summed E-state index contributed by atoms with van der Waals surface area (Å²) in [6, 6.07) is 7.68. The molecule has 1 atom stereocenters. The van der Waals surface area contributed by atoms with Crippen LogP contribution in [-0.2, 0) is 0 Å². The van der Waals surface area contributed by atoms with Gasteiger partial charge in [-0.2, -0.15) is 0 Å². The Bertz CT molecular complexity index is 414. The SMILES string of the molecule is COc1ccc(OC/C=C/CN2CCCC(C)C2)cc1. The fraction of sp³-hybridized carbons (Fsp3) is 0.529. The molecule has 1 fully saturated rings. The topological polar surface area (TPSA) is 21.7 Å². The highest BCUT2D eigenvalue weighted by molar-refractivity contribution is 5.31. The van der Waals surface area contributed by atoms with Gasteiger partial charge in [0.25, 0.3) is 0 Å². The van der Waals surface area contributed by atoms with E-state index in [1.54, 1.807) is 7.11 Å². The molecule has 0 radical (unpaired) electrons. The first-order valence-electron chi connectivity index (χ1n) is 7.42. The lowest BCUT2D eigenvalue weighted by Crippen LogP contribution is -2.34. The van der Waals surface area contributed by atoms with Crippen LogP contribution in [0.25, 0.3) is 0 Å². The Balaban J connectivity index is 1.65. The van der Waals surface area contributed by atoms with E-state index in [0.29, 0.717) is 6.61 Å². The number of hydrogen-bond donors (Lipinski definition) is 0. The van der Waals surface area contributed by atoms with Crippen molar-refractivity contribution in [1.82, 2.24) is 4.90 Å². The summed E-state index contributed by atoms with van der Waals surface area (Å²) in [5.74, 6) is 2.57. The zero-order valence-electron chi connectivity index (χ0n) is 12.5. The minimum Gasteiger partial charge on any atom is -0.497 e. The fourth-order valence-electron chi connectivity index (χ4n) is 2.56. The molecular formula is C17H25NO2. The van der Waals surface area contributed by atoms with E-state index >= 15 is 0 Å². The highest BCUT2D eigenvalue weighted by atomic mass is 16.5. The number of hydrogen-bond acceptors (Lipinski definition) is 3. The van der Waals surface area contributed by atoms with Crippen LogP contribution in [0.2, 0.25) is 0 Å². The van der Waals surface area contributed by atoms with Gasteiger partial charge in [0, 0.05) is 13.1 Å². The predicted molar refractivity (Wildman–Crippen MR) is 82.5 cm³/mol. The van der Waals surface area contributed by atoms with Gasteiger partial charge in [0.15, 0.2) is 0 Å². The Morgan fingerprint density at radius 2 is 1.95 bits per heavy atom. The van der Waals surface area contributed by atoms with Crippen LogP contribution >= 0.6 is 0 Å². The molecule has 1 aromatic rings. The van der Waals surface area contributed by atoms with Gasteiger partial charge < -0.3 is 9.47 Å². The van der Waals surface area contributed by atoms with E-state index in [-0.39, 0.29) is 0 Å². The molecule has 3 heteroatoms. The molecule has 0 spiro atoms. The monoisotopic (exact) mass is 275 g/mol. The average molecular weight is 275 g/mol. The van der Waals surface area contributed by atoms with Crippen LogP contribution in [0, 0.1) is 5.92 Å². The molecule has 3 nitrogen and oxygen atoms in total. The summed E-state index contributed by atoms with van der Waals surface area (Å²) >= 11 is 0. The summed E-state index contributed by atoms with van der Waals surface area (Å²) in [7, 11) is 1.67. The molecule has 1 unspecified atom stereocenters. The number of ether oxygens (including phenoxy) is 2. The predicted octanol–water partition coefficient (Wildman–Crippen LogP) is 3.36. The van der Waals surface area contributed by atoms with Gasteiger partial charge in [-0.15, -0.1) is 0 Å². The summed E-state index contributed by atoms with van der Waals surface area (Å²) in [6.45, 7) is 6.45. The average Bonchev–Trinajstić information content (AvgIpc) is 2.48. The third-order valence-electron chi connectivity index (χ3n) is 3.68. The van der Waals surface area contributed by atoms with Crippen molar-refractivity contribution in [2.45, 2.75) is 19.8 Å². The van der Waals surface area contributed by atoms with Gasteiger partial charge in [0.1, 0.15) is 18.1 Å². The van der Waals surface area contributed by atoms with E-state index < -0.39 is 0 Å². The zero-order valence-corrected chi connectivity index (χ0v) is 12.5. The molecule has 20 heavy (non-hydrogen) atoms. The third kappa shape index (κ3) is 4.89. The number of methoxy groups -OCH3 is 1. The summed E-state index contributed by atoms with van der Waals surface area (Å²) in [4.78, 5) is 2.51. The Morgan fingerprint density at radius 1 is 1.20 bits per heavy atom. The lowest BCUT2D eigenvalue weighted by molar-refractivity contribution is 0.201. The van der Waals surface area contributed by atoms with E-state index in [1.165, 1.54) is 25.9 Å². The van der Waals surface area contributed by atoms with Crippen LogP contribution in [0.3, 0.4) is 0 Å². The maximum absolute atomic E-state index is 5.66. The van der Waals surface area contributed by atoms with Gasteiger partial charge in [-0.05, 0) is 49.6 Å². The maximum Gasteiger partial charge on any atom is 0.120 e. The van der Waals surface area contributed by atoms with Gasteiger partial charge in [0.2, 0.25) is 0 Å². The molecule has 1 aromatic carbocycles. The van der Waals surface area contributed by atoms with Gasteiger partial charge in [-0.3, -0.25) is 4.90 Å². The zero-order chi connectivity index (χ0) is 14.2. The minimum absolute atomic E-state index is 0.621. The summed E-state index contributed by atoms with van der Waals surface area (Å²) in [6.07, 6.45) is 7.02. The summed E-state index contributed by atoms with van der Waals surface area (Å²) in [5.41, 5.74) is 0. The molecule has 110 valence electrons. The summed E-state index contributed by atoms with van der Waals surface area (Å²) < 4.78 is 10.8. The lowest BCUT2D eigenvalue weighted by atomic mass is 10.0. The largest absolute Gasteiger partial charge is 0.497 e. The van der Waals surface area contributed by atoms with Crippen molar-refractivity contribution >= 4 is 0 Å². The third-order valence-corrected chi connectivity index (χ3v) is 3.68. The minimum atomic E-state index is 0.621. The number of rotatable bonds is 6. The Morgan fingerprint density at radius 3 is 2.65 bits per heavy atom. The van der Waals surface area contributed by atoms with Crippen LogP contribution in [0.1, 0.15) is 19.8 Å². The van der Waals surface area contributed by atoms with Crippen LogP contribution in [0.15, 0.2) is 36.4 Å². The molecule has 1 heterocycles. The van der Waals surface area contributed by atoms with Crippen molar-refractivity contribution in [2.75, 3.05) is 33.4 Å². The molecule has 1 saturated heterocycles. The van der Waals surface area contributed by atoms with Crippen LogP contribution in [-0.4, -0.2) is 38.3 Å². The first-order chi connectivity index (χ1) is 9.78. The molecule has 1 aliphatic heterocycles. The van der Waals surface area contributed by atoms with Gasteiger partial charge >= 0.3 is 0 Å². The van der Waals surface area contributed by atoms with E-state index in [9.17, 15) is 0 Å². The second-order valence-electron chi connectivity index (χ2n) is 5.46. The van der Waals surface area contributed by atoms with Crippen LogP contribution in [0.5, 0.6) is 11.5 Å². The van der Waals surface area contributed by atoms with Crippen molar-refractivity contribution in [3.05, 3.63) is 36.4 Å². The number of likely N-dealkylation sites (tertiary alicyclic amines) is 1. The van der Waals surface area contributed by atoms with E-state index in [4.69, 9.17) is 9.47 Å². The lowest BCUT2D eigenvalue weighted by Gasteiger charge is -2.29. The first kappa shape index (κ1) is 14.9. The number of benzene rings is 1. The second-order valence-corrected chi connectivity index (χ2v) is 5.46. The normalized spacial score (nSPS) is 20.2. The second kappa shape index (κ2) is 7.95. The smallest absolute Gasteiger partial charge is 0.120 e. The van der Waals surface area contributed by atoms with Gasteiger partial charge in [-0.25, -0.2) is 0 Å². The van der Waals surface area contributed by atoms with Crippen molar-refractivity contribution in [3.8, 4) is 11.5 Å². The van der Waals surface area contributed by atoms with Crippen LogP contribution in [0.4, 0.5) is 0 Å². The molecule has 0 aromatic heterocycles. The van der Waals surface area contributed by atoms with Gasteiger partial charge in [0.05, 0.1) is 7.11 Å². The van der Waals surface area contributed by atoms with Crippen molar-refractivity contribution in [1.29, 1.82) is 0 Å². The molecular weight excluding hydrogens is 250 g/mol. The first-order valence-corrected chi connectivity index (χ1v) is 7.42. The standard InChI is InChI=1S/C17H25NO2/c1-15-6-5-12-18(14-15)11-3-4-13-20-17-9-7-16(19-2)8-10-17/h3-4,7-10,15H,5-6,11-14H2,1-2H3/b4-3+. The quantitative estimate of drug-likeness (QED) is 0.743. The van der Waals surface area contributed by atoms with E-state index in [2.05, 4.69) is 24.0 Å². The number of piperidine rings is 1. The summed E-state index contributed by atoms with van der Waals surface area (Å²) in [5, 5.41) is 0. The van der Waals surface area contributed by atoms with E-state index in [0.717, 1.165) is 24.0 Å². The van der Waals surface area contributed by atoms with Crippen molar-refractivity contribution in [3.63, 3.8) is 0 Å².